The summed E-state index contributed by atoms with van der Waals surface area (Å²) in [5.74, 6) is 2.30. The monoisotopic (exact) mass is 306 g/mol. The molecule has 0 unspecified atom stereocenters. The molecule has 0 saturated heterocycles. The number of ether oxygens (including phenoxy) is 2. The summed E-state index contributed by atoms with van der Waals surface area (Å²) in [6.07, 6.45) is 0.849. The highest BCUT2D eigenvalue weighted by Crippen LogP contribution is 2.36. The highest BCUT2D eigenvalue weighted by Gasteiger charge is 2.15. The van der Waals surface area contributed by atoms with Crippen molar-refractivity contribution in [1.82, 2.24) is 9.97 Å². The third-order valence-corrected chi connectivity index (χ3v) is 3.20. The number of hydrogen-bond donors (Lipinski definition) is 0. The van der Waals surface area contributed by atoms with Crippen LogP contribution in [0, 0.1) is 5.92 Å². The van der Waals surface area contributed by atoms with Gasteiger partial charge in [-0.15, -0.1) is 0 Å². The molecule has 0 amide bonds. The Bertz CT molecular complexity index is 630. The van der Waals surface area contributed by atoms with Gasteiger partial charge in [0, 0.05) is 5.69 Å². The Labute approximate surface area is 130 Å². The maximum absolute atomic E-state index is 6.13. The van der Waals surface area contributed by atoms with Crippen molar-refractivity contribution in [2.75, 3.05) is 14.2 Å². The van der Waals surface area contributed by atoms with Gasteiger partial charge in [0.25, 0.3) is 0 Å². The Kier molecular flexibility index (Phi) is 5.02. The number of nitrogens with zero attached hydrogens (tertiary/aromatic N) is 2. The fourth-order valence-electron chi connectivity index (χ4n) is 2.17. The lowest BCUT2D eigenvalue weighted by molar-refractivity contribution is 0.356. The Morgan fingerprint density at radius 1 is 1.14 bits per heavy atom. The normalized spacial score (nSPS) is 10.8. The molecular formula is C16H19ClN2O2. The number of para-hydroxylation sites is 1. The molecule has 0 fully saturated rings. The first-order valence-electron chi connectivity index (χ1n) is 6.80. The van der Waals surface area contributed by atoms with E-state index in [4.69, 9.17) is 21.1 Å². The number of halogens is 1. The van der Waals surface area contributed by atoms with Crippen LogP contribution in [0.25, 0.3) is 11.4 Å². The number of rotatable bonds is 5. The van der Waals surface area contributed by atoms with Crippen LogP contribution in [0.1, 0.15) is 19.5 Å². The second-order valence-corrected chi connectivity index (χ2v) is 5.53. The molecule has 1 aromatic heterocycles. The molecule has 5 heteroatoms. The van der Waals surface area contributed by atoms with Gasteiger partial charge in [-0.25, -0.2) is 9.97 Å². The minimum atomic E-state index is 0.431. The van der Waals surface area contributed by atoms with E-state index < -0.39 is 0 Å². The summed E-state index contributed by atoms with van der Waals surface area (Å²) < 4.78 is 10.7. The van der Waals surface area contributed by atoms with Gasteiger partial charge >= 0.3 is 0 Å². The minimum absolute atomic E-state index is 0.431. The zero-order valence-electron chi connectivity index (χ0n) is 12.7. The van der Waals surface area contributed by atoms with Crippen LogP contribution in [-0.4, -0.2) is 24.2 Å². The fourth-order valence-corrected chi connectivity index (χ4v) is 2.38. The van der Waals surface area contributed by atoms with Crippen molar-refractivity contribution in [1.29, 1.82) is 0 Å². The van der Waals surface area contributed by atoms with Crippen molar-refractivity contribution in [3.63, 3.8) is 0 Å². The molecule has 0 radical (unpaired) electrons. The Hall–Kier alpha value is -1.81. The van der Waals surface area contributed by atoms with E-state index in [0.29, 0.717) is 28.4 Å². The average Bonchev–Trinajstić information content (AvgIpc) is 2.44. The van der Waals surface area contributed by atoms with Crippen molar-refractivity contribution in [3.05, 3.63) is 35.1 Å². The van der Waals surface area contributed by atoms with E-state index in [1.54, 1.807) is 20.3 Å². The van der Waals surface area contributed by atoms with Gasteiger partial charge in [0.2, 0.25) is 0 Å². The second kappa shape index (κ2) is 6.76. The molecule has 4 nitrogen and oxygen atoms in total. The van der Waals surface area contributed by atoms with Crippen LogP contribution < -0.4 is 9.47 Å². The molecule has 0 bridgehead atoms. The highest BCUT2D eigenvalue weighted by atomic mass is 35.5. The Balaban J connectivity index is 2.53. The van der Waals surface area contributed by atoms with E-state index in [2.05, 4.69) is 23.8 Å². The van der Waals surface area contributed by atoms with Crippen LogP contribution in [0.2, 0.25) is 5.15 Å². The molecule has 112 valence electrons. The number of methoxy groups -OCH3 is 2. The zero-order valence-corrected chi connectivity index (χ0v) is 13.4. The van der Waals surface area contributed by atoms with Crippen molar-refractivity contribution in [3.8, 4) is 22.9 Å². The third kappa shape index (κ3) is 3.64. The van der Waals surface area contributed by atoms with E-state index in [1.807, 2.05) is 18.2 Å². The lowest BCUT2D eigenvalue weighted by atomic mass is 10.1. The molecular weight excluding hydrogens is 288 g/mol. The van der Waals surface area contributed by atoms with Crippen LogP contribution in [0.3, 0.4) is 0 Å². The van der Waals surface area contributed by atoms with Gasteiger partial charge in [-0.1, -0.05) is 31.5 Å². The highest BCUT2D eigenvalue weighted by molar-refractivity contribution is 6.29. The Morgan fingerprint density at radius 2 is 1.90 bits per heavy atom. The summed E-state index contributed by atoms with van der Waals surface area (Å²) in [7, 11) is 3.20. The van der Waals surface area contributed by atoms with E-state index >= 15 is 0 Å². The summed E-state index contributed by atoms with van der Waals surface area (Å²) in [4.78, 5) is 8.91. The minimum Gasteiger partial charge on any atom is -0.493 e. The Morgan fingerprint density at radius 3 is 2.52 bits per heavy atom. The van der Waals surface area contributed by atoms with Crippen LogP contribution in [0.4, 0.5) is 0 Å². The van der Waals surface area contributed by atoms with Gasteiger partial charge in [-0.05, 0) is 30.5 Å². The number of hydrogen-bond acceptors (Lipinski definition) is 4. The first-order chi connectivity index (χ1) is 10.0. The third-order valence-electron chi connectivity index (χ3n) is 3.01. The standard InChI is InChI=1S/C16H19ClN2O2/c1-10(2)8-11-9-14(17)19-16(18-11)12-6-5-7-13(20-3)15(12)21-4/h5-7,9-10H,8H2,1-4H3. The van der Waals surface area contributed by atoms with Crippen LogP contribution in [-0.2, 0) is 6.42 Å². The molecule has 0 aliphatic carbocycles. The molecule has 0 spiro atoms. The number of benzene rings is 1. The summed E-state index contributed by atoms with van der Waals surface area (Å²) in [6.45, 7) is 4.28. The van der Waals surface area contributed by atoms with E-state index in [0.717, 1.165) is 17.7 Å². The molecule has 2 rings (SSSR count). The van der Waals surface area contributed by atoms with Gasteiger partial charge in [-0.2, -0.15) is 0 Å². The summed E-state index contributed by atoms with van der Waals surface area (Å²) in [6, 6.07) is 7.41. The predicted molar refractivity (Wildman–Crippen MR) is 84.1 cm³/mol. The zero-order chi connectivity index (χ0) is 15.4. The second-order valence-electron chi connectivity index (χ2n) is 5.14. The van der Waals surface area contributed by atoms with Crippen molar-refractivity contribution in [2.45, 2.75) is 20.3 Å². The van der Waals surface area contributed by atoms with Gasteiger partial charge in [0.1, 0.15) is 5.15 Å². The van der Waals surface area contributed by atoms with Crippen molar-refractivity contribution in [2.24, 2.45) is 5.92 Å². The first kappa shape index (κ1) is 15.6. The van der Waals surface area contributed by atoms with Gasteiger partial charge in [0.15, 0.2) is 17.3 Å². The van der Waals surface area contributed by atoms with E-state index in [9.17, 15) is 0 Å². The maximum Gasteiger partial charge on any atom is 0.171 e. The lowest BCUT2D eigenvalue weighted by Gasteiger charge is -2.13. The number of aromatic nitrogens is 2. The van der Waals surface area contributed by atoms with E-state index in [1.165, 1.54) is 0 Å². The molecule has 1 heterocycles. The topological polar surface area (TPSA) is 44.2 Å². The van der Waals surface area contributed by atoms with Crippen LogP contribution in [0.5, 0.6) is 11.5 Å². The van der Waals surface area contributed by atoms with Gasteiger partial charge < -0.3 is 9.47 Å². The summed E-state index contributed by atoms with van der Waals surface area (Å²) in [5, 5.41) is 0.431. The SMILES string of the molecule is COc1cccc(-c2nc(Cl)cc(CC(C)C)n2)c1OC. The molecule has 0 atom stereocenters. The maximum atomic E-state index is 6.13. The predicted octanol–water partition coefficient (Wildman–Crippen LogP) is 4.01. The van der Waals surface area contributed by atoms with Crippen LogP contribution in [0.15, 0.2) is 24.3 Å². The van der Waals surface area contributed by atoms with Gasteiger partial charge in [0.05, 0.1) is 19.8 Å². The first-order valence-corrected chi connectivity index (χ1v) is 7.17. The quantitative estimate of drug-likeness (QED) is 0.783. The largest absolute Gasteiger partial charge is 0.493 e. The van der Waals surface area contributed by atoms with E-state index in [-0.39, 0.29) is 0 Å². The molecule has 0 aliphatic rings. The molecule has 2 aromatic rings. The van der Waals surface area contributed by atoms with Crippen molar-refractivity contribution < 1.29 is 9.47 Å². The molecule has 0 N–H and O–H groups in total. The smallest absolute Gasteiger partial charge is 0.171 e. The molecule has 21 heavy (non-hydrogen) atoms. The molecule has 0 aliphatic heterocycles. The van der Waals surface area contributed by atoms with Crippen molar-refractivity contribution >= 4 is 11.6 Å². The van der Waals surface area contributed by atoms with Crippen LogP contribution >= 0.6 is 11.6 Å². The summed E-state index contributed by atoms with van der Waals surface area (Å²) >= 11 is 6.13. The average molecular weight is 307 g/mol. The van der Waals surface area contributed by atoms with Gasteiger partial charge in [-0.3, -0.25) is 0 Å². The molecule has 1 aromatic carbocycles. The summed E-state index contributed by atoms with van der Waals surface area (Å²) in [5.41, 5.74) is 1.69. The fraction of sp³-hybridized carbons (Fsp3) is 0.375. The lowest BCUT2D eigenvalue weighted by Crippen LogP contribution is -2.02. The molecule has 0 saturated carbocycles.